The van der Waals surface area contributed by atoms with Crippen molar-refractivity contribution in [1.29, 1.82) is 0 Å². The van der Waals surface area contributed by atoms with Crippen LogP contribution in [0, 0.1) is 0 Å². The Morgan fingerprint density at radius 2 is 1.04 bits per heavy atom. The summed E-state index contributed by atoms with van der Waals surface area (Å²) in [5.41, 5.74) is 11.8. The summed E-state index contributed by atoms with van der Waals surface area (Å²) in [6.07, 6.45) is 0. The Kier molecular flexibility index (Phi) is 5.75. The Balaban J connectivity index is 1.19. The first-order valence-corrected chi connectivity index (χ1v) is 18.4. The molecule has 6 nitrogen and oxygen atoms in total. The second-order valence-corrected chi connectivity index (χ2v) is 14.8. The van der Waals surface area contributed by atoms with Gasteiger partial charge in [0.05, 0.1) is 22.1 Å². The minimum Gasteiger partial charge on any atom is -0.456 e. The van der Waals surface area contributed by atoms with Gasteiger partial charge in [-0.3, -0.25) is 9.13 Å². The van der Waals surface area contributed by atoms with Crippen molar-refractivity contribution in [3.05, 3.63) is 163 Å². The minimum atomic E-state index is -0.194. The molecule has 0 radical (unpaired) electrons. The molecule has 254 valence electrons. The SMILES string of the molecule is CC1(C)c2ccccc2-c2ccc3c(c21)c1ccccc1n3-c1nc(-c2ccc3c(c2)oc2ccccc23)nc(-n2c3ccccc3c3ccccc32)n1. The van der Waals surface area contributed by atoms with Gasteiger partial charge in [0.15, 0.2) is 5.82 Å². The molecule has 0 saturated carbocycles. The second kappa shape index (κ2) is 10.5. The molecular formula is C48H31N5O. The number of rotatable bonds is 3. The molecule has 0 amide bonds. The molecule has 12 rings (SSSR count). The molecule has 0 saturated heterocycles. The number of para-hydroxylation sites is 4. The Hall–Kier alpha value is -7.05. The maximum Gasteiger partial charge on any atom is 0.240 e. The Morgan fingerprint density at radius 1 is 0.463 bits per heavy atom. The van der Waals surface area contributed by atoms with Crippen molar-refractivity contribution in [2.75, 3.05) is 0 Å². The molecule has 0 atom stereocenters. The normalized spacial score (nSPS) is 13.5. The zero-order valence-electron chi connectivity index (χ0n) is 29.6. The lowest BCUT2D eigenvalue weighted by molar-refractivity contribution is 0.666. The topological polar surface area (TPSA) is 61.7 Å². The average molecular weight is 694 g/mol. The fourth-order valence-electron chi connectivity index (χ4n) is 9.23. The highest BCUT2D eigenvalue weighted by molar-refractivity contribution is 6.14. The summed E-state index contributed by atoms with van der Waals surface area (Å²) in [7, 11) is 0. The van der Waals surface area contributed by atoms with Gasteiger partial charge in [-0.15, -0.1) is 0 Å². The van der Waals surface area contributed by atoms with Crippen LogP contribution >= 0.6 is 0 Å². The first kappa shape index (κ1) is 29.5. The van der Waals surface area contributed by atoms with Crippen LogP contribution in [0.1, 0.15) is 25.0 Å². The van der Waals surface area contributed by atoms with Crippen LogP contribution in [0.15, 0.2) is 156 Å². The number of benzene rings is 7. The Morgan fingerprint density at radius 3 is 1.78 bits per heavy atom. The van der Waals surface area contributed by atoms with Gasteiger partial charge in [-0.05, 0) is 64.7 Å². The van der Waals surface area contributed by atoms with Gasteiger partial charge in [0.25, 0.3) is 0 Å². The summed E-state index contributed by atoms with van der Waals surface area (Å²) in [5.74, 6) is 1.68. The lowest BCUT2D eigenvalue weighted by Gasteiger charge is -2.22. The Bertz CT molecular complexity index is 3330. The van der Waals surface area contributed by atoms with Crippen LogP contribution in [-0.4, -0.2) is 24.1 Å². The summed E-state index contributed by atoms with van der Waals surface area (Å²) in [4.78, 5) is 16.0. The summed E-state index contributed by atoms with van der Waals surface area (Å²) >= 11 is 0. The second-order valence-electron chi connectivity index (χ2n) is 14.8. The molecule has 1 aliphatic rings. The van der Waals surface area contributed by atoms with Crippen LogP contribution in [0.25, 0.3) is 100.0 Å². The smallest absolute Gasteiger partial charge is 0.240 e. The van der Waals surface area contributed by atoms with Crippen molar-refractivity contribution in [1.82, 2.24) is 24.1 Å². The van der Waals surface area contributed by atoms with Crippen molar-refractivity contribution in [2.24, 2.45) is 0 Å². The molecule has 0 fully saturated rings. The predicted octanol–water partition coefficient (Wildman–Crippen LogP) is 11.9. The molecule has 4 aromatic heterocycles. The van der Waals surface area contributed by atoms with Crippen LogP contribution in [0.2, 0.25) is 0 Å². The monoisotopic (exact) mass is 693 g/mol. The van der Waals surface area contributed by atoms with E-state index < -0.39 is 0 Å². The molecule has 0 bridgehead atoms. The number of nitrogens with zero attached hydrogens (tertiary/aromatic N) is 5. The van der Waals surface area contributed by atoms with Crippen molar-refractivity contribution in [3.8, 4) is 34.4 Å². The molecular weight excluding hydrogens is 663 g/mol. The molecule has 0 aliphatic heterocycles. The molecule has 11 aromatic rings. The van der Waals surface area contributed by atoms with E-state index in [9.17, 15) is 0 Å². The van der Waals surface area contributed by atoms with Crippen LogP contribution in [-0.2, 0) is 5.41 Å². The number of hydrogen-bond acceptors (Lipinski definition) is 4. The molecule has 4 heterocycles. The maximum atomic E-state index is 6.36. The lowest BCUT2D eigenvalue weighted by atomic mass is 9.80. The van der Waals surface area contributed by atoms with Gasteiger partial charge in [0.2, 0.25) is 11.9 Å². The number of fused-ring (bicyclic) bond motifs is 13. The van der Waals surface area contributed by atoms with E-state index in [-0.39, 0.29) is 5.41 Å². The van der Waals surface area contributed by atoms with Crippen molar-refractivity contribution in [2.45, 2.75) is 19.3 Å². The zero-order chi connectivity index (χ0) is 35.7. The third kappa shape index (κ3) is 3.86. The quantitative estimate of drug-likeness (QED) is 0.185. The third-order valence-electron chi connectivity index (χ3n) is 11.6. The van der Waals surface area contributed by atoms with Gasteiger partial charge in [-0.25, -0.2) is 0 Å². The van der Waals surface area contributed by atoms with Gasteiger partial charge in [-0.2, -0.15) is 15.0 Å². The number of aromatic nitrogens is 5. The summed E-state index contributed by atoms with van der Waals surface area (Å²) in [5, 5.41) is 6.85. The zero-order valence-corrected chi connectivity index (χ0v) is 29.6. The molecule has 54 heavy (non-hydrogen) atoms. The Labute approximate surface area is 309 Å². The van der Waals surface area contributed by atoms with Crippen LogP contribution in [0.5, 0.6) is 0 Å². The number of hydrogen-bond donors (Lipinski definition) is 0. The lowest BCUT2D eigenvalue weighted by Crippen LogP contribution is -2.15. The van der Waals surface area contributed by atoms with Crippen molar-refractivity contribution in [3.63, 3.8) is 0 Å². The molecule has 1 aliphatic carbocycles. The summed E-state index contributed by atoms with van der Waals surface area (Å²) in [6.45, 7) is 4.69. The fourth-order valence-corrected chi connectivity index (χ4v) is 9.23. The highest BCUT2D eigenvalue weighted by atomic mass is 16.3. The van der Waals surface area contributed by atoms with Crippen LogP contribution < -0.4 is 0 Å². The third-order valence-corrected chi connectivity index (χ3v) is 11.6. The standard InChI is InChI=1S/C48H31N5O/c1-48(2)36-18-8-3-13-29(36)34-25-26-40-43(44(34)48)35-17-6-11-21-39(35)53(40)47-50-45(28-23-24-33-32-16-7-12-22-41(32)54-42(33)27-28)49-46(51-47)52-37-19-9-4-14-30(37)31-15-5-10-20-38(31)52/h3-27H,1-2H3. The summed E-state index contributed by atoms with van der Waals surface area (Å²) in [6, 6.07) is 53.4. The van der Waals surface area contributed by atoms with E-state index in [4.69, 9.17) is 19.4 Å². The van der Waals surface area contributed by atoms with E-state index in [1.54, 1.807) is 0 Å². The van der Waals surface area contributed by atoms with Crippen LogP contribution in [0.4, 0.5) is 0 Å². The van der Waals surface area contributed by atoms with E-state index in [0.717, 1.165) is 60.3 Å². The van der Waals surface area contributed by atoms with E-state index in [1.807, 2.05) is 18.2 Å². The maximum absolute atomic E-state index is 6.36. The number of furan rings is 1. The molecule has 0 spiro atoms. The van der Waals surface area contributed by atoms with Gasteiger partial charge in [-0.1, -0.05) is 123 Å². The largest absolute Gasteiger partial charge is 0.456 e. The van der Waals surface area contributed by atoms with Gasteiger partial charge in [0, 0.05) is 43.3 Å². The first-order chi connectivity index (χ1) is 26.5. The highest BCUT2D eigenvalue weighted by Gasteiger charge is 2.38. The van der Waals surface area contributed by atoms with Gasteiger partial charge < -0.3 is 4.42 Å². The van der Waals surface area contributed by atoms with E-state index >= 15 is 0 Å². The van der Waals surface area contributed by atoms with Crippen LogP contribution in [0.3, 0.4) is 0 Å². The van der Waals surface area contributed by atoms with Gasteiger partial charge >= 0.3 is 0 Å². The average Bonchev–Trinajstić information content (AvgIpc) is 3.93. The minimum absolute atomic E-state index is 0.194. The molecule has 0 N–H and O–H groups in total. The first-order valence-electron chi connectivity index (χ1n) is 18.4. The predicted molar refractivity (Wildman–Crippen MR) is 219 cm³/mol. The van der Waals surface area contributed by atoms with Crippen molar-refractivity contribution < 1.29 is 4.42 Å². The molecule has 6 heteroatoms. The highest BCUT2D eigenvalue weighted by Crippen LogP contribution is 2.53. The van der Waals surface area contributed by atoms with E-state index in [2.05, 4.69) is 156 Å². The van der Waals surface area contributed by atoms with E-state index in [0.29, 0.717) is 17.7 Å². The fraction of sp³-hybridized carbons (Fsp3) is 0.0625. The van der Waals surface area contributed by atoms with Gasteiger partial charge in [0.1, 0.15) is 11.2 Å². The van der Waals surface area contributed by atoms with E-state index in [1.165, 1.54) is 33.0 Å². The molecule has 7 aromatic carbocycles. The van der Waals surface area contributed by atoms with Crippen molar-refractivity contribution >= 4 is 65.6 Å². The molecule has 0 unspecified atom stereocenters. The summed E-state index contributed by atoms with van der Waals surface area (Å²) < 4.78 is 10.8.